The first kappa shape index (κ1) is 20.2. The molecule has 30 heavy (non-hydrogen) atoms. The van der Waals surface area contributed by atoms with Gasteiger partial charge in [0.05, 0.1) is 31.1 Å². The van der Waals surface area contributed by atoms with Gasteiger partial charge in [0.1, 0.15) is 17.0 Å². The number of fused-ring (bicyclic) bond motifs is 3. The lowest BCUT2D eigenvalue weighted by molar-refractivity contribution is 0.0636. The highest BCUT2D eigenvalue weighted by Gasteiger charge is 2.42. The highest BCUT2D eigenvalue weighted by atomic mass is 16.6. The van der Waals surface area contributed by atoms with Gasteiger partial charge in [-0.05, 0) is 38.5 Å². The molecule has 0 unspecified atom stereocenters. The molecule has 2 amide bonds. The Morgan fingerprint density at radius 2 is 2.00 bits per heavy atom. The van der Waals surface area contributed by atoms with Crippen LogP contribution < -0.4 is 15.4 Å². The Kier molecular flexibility index (Phi) is 5.15. The van der Waals surface area contributed by atoms with Gasteiger partial charge in [-0.2, -0.15) is 5.10 Å². The van der Waals surface area contributed by atoms with Crippen molar-refractivity contribution in [3.05, 3.63) is 41.7 Å². The third kappa shape index (κ3) is 4.11. The number of nitrogens with zero attached hydrogens (tertiary/aromatic N) is 3. The summed E-state index contributed by atoms with van der Waals surface area (Å²) < 4.78 is 12.2. The lowest BCUT2D eigenvalue weighted by Crippen LogP contribution is -2.47. The predicted octanol–water partition coefficient (Wildman–Crippen LogP) is 2.41. The van der Waals surface area contributed by atoms with Gasteiger partial charge in [-0.15, -0.1) is 0 Å². The van der Waals surface area contributed by atoms with Crippen molar-refractivity contribution in [1.82, 2.24) is 20.0 Å². The first-order chi connectivity index (χ1) is 14.2. The molecule has 0 saturated carbocycles. The molecule has 2 aromatic rings. The van der Waals surface area contributed by atoms with Crippen LogP contribution in [-0.4, -0.2) is 58.5 Å². The second-order valence-corrected chi connectivity index (χ2v) is 8.67. The maximum atomic E-state index is 12.7. The van der Waals surface area contributed by atoms with Crippen LogP contribution in [0.5, 0.6) is 5.75 Å². The molecule has 160 valence electrons. The lowest BCUT2D eigenvalue weighted by atomic mass is 10.1. The third-order valence-electron chi connectivity index (χ3n) is 5.21. The summed E-state index contributed by atoms with van der Waals surface area (Å²) in [5, 5.41) is 10.1. The second kappa shape index (κ2) is 7.64. The molecule has 0 aliphatic carbocycles. The van der Waals surface area contributed by atoms with E-state index in [1.54, 1.807) is 32.6 Å². The first-order valence-electron chi connectivity index (χ1n) is 9.97. The fraction of sp³-hybridized carbons (Fsp3) is 0.476. The fourth-order valence-electron chi connectivity index (χ4n) is 3.96. The number of carbonyl (C=O) groups excluding carboxylic acids is 2. The summed E-state index contributed by atoms with van der Waals surface area (Å²) in [6, 6.07) is 7.95. The average Bonchev–Trinajstić information content (AvgIpc) is 3.25. The topological polar surface area (TPSA) is 97.7 Å². The molecule has 4 rings (SSSR count). The molecule has 0 spiro atoms. The molecule has 9 nitrogen and oxygen atoms in total. The van der Waals surface area contributed by atoms with Crippen molar-refractivity contribution in [1.29, 1.82) is 0 Å². The minimum absolute atomic E-state index is 0.00475. The van der Waals surface area contributed by atoms with Crippen molar-refractivity contribution in [3.63, 3.8) is 0 Å². The maximum Gasteiger partial charge on any atom is 0.412 e. The Morgan fingerprint density at radius 3 is 2.67 bits per heavy atom. The molecule has 2 aliphatic rings. The normalized spacial score (nSPS) is 20.9. The zero-order valence-corrected chi connectivity index (χ0v) is 17.6. The van der Waals surface area contributed by atoms with Gasteiger partial charge < -0.3 is 14.8 Å². The van der Waals surface area contributed by atoms with E-state index in [0.29, 0.717) is 11.4 Å². The van der Waals surface area contributed by atoms with Crippen molar-refractivity contribution >= 4 is 17.7 Å². The van der Waals surface area contributed by atoms with Crippen molar-refractivity contribution in [2.45, 2.75) is 45.0 Å². The molecule has 0 radical (unpaired) electrons. The number of carbonyl (C=O) groups is 2. The van der Waals surface area contributed by atoms with Gasteiger partial charge in [-0.3, -0.25) is 19.7 Å². The number of aromatic nitrogens is 2. The van der Waals surface area contributed by atoms with Crippen molar-refractivity contribution < 1.29 is 19.1 Å². The van der Waals surface area contributed by atoms with E-state index in [1.165, 1.54) is 11.8 Å². The SMILES string of the molecule is COc1ccc(CN2C[C@H]3NC(=O)c4c(NC(=O)OC(C)(C)C)cnn4[C@H]3C2)cc1. The quantitative estimate of drug-likeness (QED) is 0.799. The zero-order chi connectivity index (χ0) is 21.5. The van der Waals surface area contributed by atoms with Gasteiger partial charge in [0, 0.05) is 19.6 Å². The summed E-state index contributed by atoms with van der Waals surface area (Å²) >= 11 is 0. The van der Waals surface area contributed by atoms with E-state index < -0.39 is 11.7 Å². The van der Waals surface area contributed by atoms with Gasteiger partial charge in [0.25, 0.3) is 5.91 Å². The fourth-order valence-corrected chi connectivity index (χ4v) is 3.96. The lowest BCUT2D eigenvalue weighted by Gasteiger charge is -2.27. The number of rotatable bonds is 4. The van der Waals surface area contributed by atoms with Crippen LogP contribution in [0.4, 0.5) is 10.5 Å². The Balaban J connectivity index is 1.47. The Bertz CT molecular complexity index is 947. The number of hydrogen-bond acceptors (Lipinski definition) is 6. The van der Waals surface area contributed by atoms with Crippen LogP contribution in [-0.2, 0) is 11.3 Å². The maximum absolute atomic E-state index is 12.7. The summed E-state index contributed by atoms with van der Waals surface area (Å²) in [6.45, 7) is 7.61. The molecular formula is C21H27N5O4. The Hall–Kier alpha value is -3.07. The van der Waals surface area contributed by atoms with Crippen LogP contribution in [0.25, 0.3) is 0 Å². The van der Waals surface area contributed by atoms with Crippen LogP contribution in [0.15, 0.2) is 30.5 Å². The Labute approximate surface area is 175 Å². The summed E-state index contributed by atoms with van der Waals surface area (Å²) in [5.41, 5.74) is 1.26. The van der Waals surface area contributed by atoms with E-state index in [2.05, 4.69) is 20.6 Å². The highest BCUT2D eigenvalue weighted by molar-refractivity contribution is 6.02. The second-order valence-electron chi connectivity index (χ2n) is 8.67. The molecule has 2 aliphatic heterocycles. The highest BCUT2D eigenvalue weighted by Crippen LogP contribution is 2.31. The van der Waals surface area contributed by atoms with Gasteiger partial charge >= 0.3 is 6.09 Å². The number of hydrogen-bond donors (Lipinski definition) is 2. The number of likely N-dealkylation sites (tertiary alicyclic amines) is 1. The smallest absolute Gasteiger partial charge is 0.412 e. The molecule has 1 aromatic heterocycles. The molecule has 2 N–H and O–H groups in total. The van der Waals surface area contributed by atoms with Crippen molar-refractivity contribution in [2.24, 2.45) is 0 Å². The predicted molar refractivity (Wildman–Crippen MR) is 111 cm³/mol. The number of methoxy groups -OCH3 is 1. The monoisotopic (exact) mass is 413 g/mol. The molecule has 1 aromatic carbocycles. The Morgan fingerprint density at radius 1 is 1.27 bits per heavy atom. The van der Waals surface area contributed by atoms with E-state index in [4.69, 9.17) is 9.47 Å². The van der Waals surface area contributed by atoms with E-state index in [-0.39, 0.29) is 18.0 Å². The molecule has 1 saturated heterocycles. The first-order valence-corrected chi connectivity index (χ1v) is 9.97. The van der Waals surface area contributed by atoms with E-state index in [1.807, 2.05) is 24.3 Å². The molecule has 2 atom stereocenters. The van der Waals surface area contributed by atoms with Gasteiger partial charge in [-0.25, -0.2) is 4.79 Å². The molecular weight excluding hydrogens is 386 g/mol. The summed E-state index contributed by atoms with van der Waals surface area (Å²) in [7, 11) is 1.65. The summed E-state index contributed by atoms with van der Waals surface area (Å²) in [6.07, 6.45) is 0.897. The van der Waals surface area contributed by atoms with E-state index in [0.717, 1.165) is 25.4 Å². The van der Waals surface area contributed by atoms with Gasteiger partial charge in [0.2, 0.25) is 0 Å². The average molecular weight is 413 g/mol. The number of amides is 2. The number of nitrogens with one attached hydrogen (secondary N) is 2. The van der Waals surface area contributed by atoms with Gasteiger partial charge in [0.15, 0.2) is 0 Å². The van der Waals surface area contributed by atoms with Crippen LogP contribution in [0.2, 0.25) is 0 Å². The molecule has 0 bridgehead atoms. The van der Waals surface area contributed by atoms with Crippen LogP contribution in [0.3, 0.4) is 0 Å². The van der Waals surface area contributed by atoms with Gasteiger partial charge in [-0.1, -0.05) is 12.1 Å². The van der Waals surface area contributed by atoms with Crippen LogP contribution in [0, 0.1) is 0 Å². The minimum Gasteiger partial charge on any atom is -0.497 e. The number of ether oxygens (including phenoxy) is 2. The summed E-state index contributed by atoms with van der Waals surface area (Å²) in [5.74, 6) is 0.582. The zero-order valence-electron chi connectivity index (χ0n) is 17.6. The third-order valence-corrected chi connectivity index (χ3v) is 5.21. The standard InChI is InChI=1S/C21H27N5O4/c1-21(2,3)30-20(28)24-15-9-22-26-17-12-25(11-16(17)23-19(27)18(15)26)10-13-5-7-14(29-4)8-6-13/h5-9,16-17H,10-12H2,1-4H3,(H,23,27)(H,24,28)/t16-,17+/m1/s1. The van der Waals surface area contributed by atoms with Crippen LogP contribution in [0.1, 0.15) is 42.9 Å². The molecule has 9 heteroatoms. The molecule has 1 fully saturated rings. The molecule has 3 heterocycles. The van der Waals surface area contributed by atoms with E-state index in [9.17, 15) is 9.59 Å². The largest absolute Gasteiger partial charge is 0.497 e. The minimum atomic E-state index is -0.627. The summed E-state index contributed by atoms with van der Waals surface area (Å²) in [4.78, 5) is 27.1. The van der Waals surface area contributed by atoms with E-state index >= 15 is 0 Å². The number of anilines is 1. The van der Waals surface area contributed by atoms with Crippen molar-refractivity contribution in [3.8, 4) is 5.75 Å². The van der Waals surface area contributed by atoms with Crippen LogP contribution >= 0.6 is 0 Å². The van der Waals surface area contributed by atoms with Crippen molar-refractivity contribution in [2.75, 3.05) is 25.5 Å². The number of benzene rings is 1.